The van der Waals surface area contributed by atoms with E-state index in [0.29, 0.717) is 42.2 Å². The Hall–Kier alpha value is -4.66. The van der Waals surface area contributed by atoms with E-state index in [1.165, 1.54) is 138 Å². The molecule has 0 radical (unpaired) electrons. The van der Waals surface area contributed by atoms with Crippen LogP contribution in [0.15, 0.2) is 145 Å². The Morgan fingerprint density at radius 3 is 0.848 bits per heavy atom. The van der Waals surface area contributed by atoms with Crippen LogP contribution in [-0.4, -0.2) is 42.8 Å². The highest BCUT2D eigenvalue weighted by molar-refractivity contribution is 5.65. The number of hydrogen-bond donors (Lipinski definition) is 6. The van der Waals surface area contributed by atoms with E-state index in [2.05, 4.69) is 171 Å². The molecule has 0 saturated heterocycles. The average Bonchev–Trinajstić information content (AvgIpc) is 3.38. The fourth-order valence-electron chi connectivity index (χ4n) is 11.5. The molecule has 0 amide bonds. The summed E-state index contributed by atoms with van der Waals surface area (Å²) in [7, 11) is 0. The Kier molecular flexibility index (Phi) is 15.3. The first-order valence-corrected chi connectivity index (χ1v) is 25.9. The second-order valence-corrected chi connectivity index (χ2v) is 20.3. The molecule has 7 atom stereocenters. The number of rotatable bonds is 0. The maximum atomic E-state index is 3.98. The van der Waals surface area contributed by atoms with Gasteiger partial charge in [0.05, 0.1) is 0 Å². The molecule has 12 aliphatic heterocycles. The van der Waals surface area contributed by atoms with Gasteiger partial charge in [-0.15, -0.1) is 0 Å². The minimum absolute atomic E-state index is 0.445. The molecule has 0 spiro atoms. The van der Waals surface area contributed by atoms with E-state index in [4.69, 9.17) is 0 Å². The molecule has 7 unspecified atom stereocenters. The van der Waals surface area contributed by atoms with Crippen molar-refractivity contribution < 1.29 is 0 Å². The molecular weight excluding hydrogens is 805 g/mol. The van der Waals surface area contributed by atoms with Crippen molar-refractivity contribution in [1.82, 2.24) is 31.9 Å². The zero-order valence-corrected chi connectivity index (χ0v) is 39.3. The van der Waals surface area contributed by atoms with Crippen LogP contribution in [0.1, 0.15) is 123 Å². The third kappa shape index (κ3) is 11.9. The van der Waals surface area contributed by atoms with Crippen LogP contribution in [0.4, 0.5) is 0 Å². The van der Waals surface area contributed by atoms with E-state index in [1.807, 2.05) is 0 Å². The first-order valence-electron chi connectivity index (χ1n) is 25.9. The molecule has 3 saturated carbocycles. The predicted octanol–water partition coefficient (Wildman–Crippen LogP) is 11.4. The predicted molar refractivity (Wildman–Crippen MR) is 275 cm³/mol. The molecule has 6 N–H and O–H groups in total. The highest BCUT2D eigenvalue weighted by Crippen LogP contribution is 2.29. The van der Waals surface area contributed by atoms with Crippen LogP contribution >= 0.6 is 0 Å². The monoisotopic (exact) mass is 879 g/mol. The zero-order chi connectivity index (χ0) is 44.3. The normalized spacial score (nSPS) is 27.0. The molecule has 4 aliphatic carbocycles. The van der Waals surface area contributed by atoms with Crippen LogP contribution < -0.4 is 31.9 Å². The molecule has 344 valence electrons. The van der Waals surface area contributed by atoms with Gasteiger partial charge in [0.25, 0.3) is 0 Å². The molecule has 3 fully saturated rings. The quantitative estimate of drug-likeness (QED) is 0.0931. The number of hydrogen-bond acceptors (Lipinski definition) is 6. The fraction of sp³-hybridized carbons (Fsp3) is 0.433. The van der Waals surface area contributed by atoms with Gasteiger partial charge >= 0.3 is 0 Å². The van der Waals surface area contributed by atoms with Crippen molar-refractivity contribution in [2.45, 2.75) is 158 Å². The fourth-order valence-corrected chi connectivity index (χ4v) is 11.5. The first kappa shape index (κ1) is 45.1. The third-order valence-corrected chi connectivity index (χ3v) is 15.8. The summed E-state index contributed by atoms with van der Waals surface area (Å²) in [5.74, 6) is 0.445. The van der Waals surface area contributed by atoms with Gasteiger partial charge in [0.1, 0.15) is 0 Å². The molecule has 12 bridgehead atoms. The molecule has 16 aliphatic rings. The maximum absolute atomic E-state index is 3.98. The SMILES string of the molecule is C1=CC2CC=C1CNC1CCCCC1NCc1ccc(cc1)-c1ccc(cc1)CNC1CCCCC1NCc1ccc(cc1)-c1ccc(cc1)CNC1CCCCC1NCc1ccc2cc1. The van der Waals surface area contributed by atoms with Crippen LogP contribution in [0.3, 0.4) is 0 Å². The summed E-state index contributed by atoms with van der Waals surface area (Å²) in [5, 5.41) is 23.8. The minimum Gasteiger partial charge on any atom is -0.308 e. The van der Waals surface area contributed by atoms with Crippen molar-refractivity contribution in [3.63, 3.8) is 0 Å². The van der Waals surface area contributed by atoms with E-state index in [9.17, 15) is 0 Å². The Bertz CT molecular complexity index is 2330. The molecule has 66 heavy (non-hydrogen) atoms. The lowest BCUT2D eigenvalue weighted by atomic mass is 9.88. The van der Waals surface area contributed by atoms with Gasteiger partial charge in [0.2, 0.25) is 0 Å². The highest BCUT2D eigenvalue weighted by Gasteiger charge is 2.27. The lowest BCUT2D eigenvalue weighted by molar-refractivity contribution is 0.281. The number of allylic oxidation sites excluding steroid dienone is 2. The van der Waals surface area contributed by atoms with Crippen LogP contribution in [0.2, 0.25) is 0 Å². The molecule has 12 heterocycles. The van der Waals surface area contributed by atoms with Crippen LogP contribution in [0.25, 0.3) is 22.3 Å². The molecule has 5 aromatic carbocycles. The van der Waals surface area contributed by atoms with Crippen LogP contribution in [0.5, 0.6) is 0 Å². The van der Waals surface area contributed by atoms with Crippen LogP contribution in [-0.2, 0) is 32.7 Å². The summed E-state index contributed by atoms with van der Waals surface area (Å²) in [6.07, 6.45) is 23.5. The Labute approximate surface area is 395 Å². The Balaban J connectivity index is 0.808. The van der Waals surface area contributed by atoms with E-state index in [1.54, 1.807) is 0 Å². The Morgan fingerprint density at radius 2 is 0.576 bits per heavy atom. The number of benzene rings is 5. The van der Waals surface area contributed by atoms with Crippen molar-refractivity contribution in [1.29, 1.82) is 0 Å². The lowest BCUT2D eigenvalue weighted by Gasteiger charge is -2.33. The standard InChI is InChI=1S/C60H74N6/c1-2-8-56-55(7-1)61-37-43-13-25-49(26-14-43)51-29-17-45(18-30-51)39-63-57-9-3-4-10-58(57)65-41-47-21-33-53(34-22-47)54-35-23-48(24-36-54)42-66-60-12-6-5-11-59(60)64-40-46-19-31-52(32-20-46)50-27-15-44(16-28-50)38-62-56/h13-35,54-66H,1-12,36-42H2. The Morgan fingerprint density at radius 1 is 0.303 bits per heavy atom. The van der Waals surface area contributed by atoms with E-state index < -0.39 is 0 Å². The van der Waals surface area contributed by atoms with Crippen molar-refractivity contribution in [3.05, 3.63) is 179 Å². The van der Waals surface area contributed by atoms with Gasteiger partial charge in [0.15, 0.2) is 0 Å². The lowest BCUT2D eigenvalue weighted by Crippen LogP contribution is -2.50. The van der Waals surface area contributed by atoms with Crippen molar-refractivity contribution in [2.24, 2.45) is 0 Å². The summed E-state index contributed by atoms with van der Waals surface area (Å²) in [5.41, 5.74) is 14.7. The van der Waals surface area contributed by atoms with Crippen molar-refractivity contribution in [3.8, 4) is 22.3 Å². The van der Waals surface area contributed by atoms with Crippen LogP contribution in [0, 0.1) is 0 Å². The minimum atomic E-state index is 0.445. The summed E-state index contributed by atoms with van der Waals surface area (Å²) in [4.78, 5) is 0. The van der Waals surface area contributed by atoms with Crippen molar-refractivity contribution >= 4 is 0 Å². The summed E-state index contributed by atoms with van der Waals surface area (Å²) < 4.78 is 0. The van der Waals surface area contributed by atoms with Gasteiger partial charge in [0, 0.05) is 81.4 Å². The molecule has 0 aromatic heterocycles. The largest absolute Gasteiger partial charge is 0.308 e. The van der Waals surface area contributed by atoms with Gasteiger partial charge in [-0.25, -0.2) is 0 Å². The van der Waals surface area contributed by atoms with E-state index in [0.717, 1.165) is 45.7 Å². The van der Waals surface area contributed by atoms with E-state index in [-0.39, 0.29) is 0 Å². The van der Waals surface area contributed by atoms with Gasteiger partial charge < -0.3 is 31.9 Å². The molecular formula is C60H74N6. The van der Waals surface area contributed by atoms with Gasteiger partial charge in [-0.05, 0) is 106 Å². The summed E-state index contributed by atoms with van der Waals surface area (Å²) >= 11 is 0. The van der Waals surface area contributed by atoms with Gasteiger partial charge in [-0.3, -0.25) is 0 Å². The van der Waals surface area contributed by atoms with E-state index >= 15 is 0 Å². The second kappa shape index (κ2) is 22.4. The average molecular weight is 879 g/mol. The van der Waals surface area contributed by atoms with Crippen molar-refractivity contribution in [2.75, 3.05) is 6.54 Å². The molecule has 6 heteroatoms. The zero-order valence-electron chi connectivity index (χ0n) is 39.3. The van der Waals surface area contributed by atoms with Gasteiger partial charge in [-0.1, -0.05) is 178 Å². The number of nitrogens with one attached hydrogen (secondary N) is 6. The smallest absolute Gasteiger partial charge is 0.0224 e. The summed E-state index contributed by atoms with van der Waals surface area (Å²) in [6, 6.07) is 49.2. The van der Waals surface area contributed by atoms with Gasteiger partial charge in [-0.2, -0.15) is 0 Å². The third-order valence-electron chi connectivity index (χ3n) is 15.8. The molecule has 5 aromatic rings. The second-order valence-electron chi connectivity index (χ2n) is 20.3. The highest BCUT2D eigenvalue weighted by atomic mass is 15.0. The molecule has 6 nitrogen and oxygen atoms in total. The first-order chi connectivity index (χ1) is 32.6. The summed E-state index contributed by atoms with van der Waals surface area (Å²) in [6.45, 7) is 5.46. The topological polar surface area (TPSA) is 72.2 Å². The molecule has 21 rings (SSSR count). The maximum Gasteiger partial charge on any atom is 0.0224 e.